The lowest BCUT2D eigenvalue weighted by atomic mass is 10.2. The standard InChI is InChI=1S/C13H17F2NO2S/c14-11-5-4-10(8-12(11)15)19-9-13(18)16-6-2-1-3-7-17/h4-5,8,17H,1-3,6-7,9H2,(H,16,18). The summed E-state index contributed by atoms with van der Waals surface area (Å²) in [4.78, 5) is 12.0. The molecular formula is C13H17F2NO2S. The van der Waals surface area contributed by atoms with E-state index in [-0.39, 0.29) is 18.3 Å². The molecule has 1 amide bonds. The molecule has 0 fully saturated rings. The summed E-state index contributed by atoms with van der Waals surface area (Å²) in [5.41, 5.74) is 0. The highest BCUT2D eigenvalue weighted by Crippen LogP contribution is 2.19. The van der Waals surface area contributed by atoms with Crippen LogP contribution in [0.2, 0.25) is 0 Å². The van der Waals surface area contributed by atoms with E-state index in [0.29, 0.717) is 11.4 Å². The lowest BCUT2D eigenvalue weighted by molar-refractivity contribution is -0.118. The lowest BCUT2D eigenvalue weighted by Gasteiger charge is -2.05. The van der Waals surface area contributed by atoms with Crippen LogP contribution in [0.25, 0.3) is 0 Å². The van der Waals surface area contributed by atoms with Gasteiger partial charge >= 0.3 is 0 Å². The van der Waals surface area contributed by atoms with Gasteiger partial charge in [0.05, 0.1) is 5.75 Å². The Kier molecular flexibility index (Phi) is 7.43. The first-order valence-corrected chi connectivity index (χ1v) is 7.07. The topological polar surface area (TPSA) is 49.3 Å². The molecule has 0 aliphatic heterocycles. The van der Waals surface area contributed by atoms with Crippen molar-refractivity contribution in [2.45, 2.75) is 24.2 Å². The number of aliphatic hydroxyl groups is 1. The Morgan fingerprint density at radius 1 is 1.21 bits per heavy atom. The maximum atomic E-state index is 12.9. The van der Waals surface area contributed by atoms with Crippen LogP contribution < -0.4 is 5.32 Å². The van der Waals surface area contributed by atoms with Crippen molar-refractivity contribution < 1.29 is 18.7 Å². The van der Waals surface area contributed by atoms with Crippen LogP contribution in [0.5, 0.6) is 0 Å². The van der Waals surface area contributed by atoms with E-state index in [1.807, 2.05) is 0 Å². The molecule has 0 bridgehead atoms. The molecule has 0 heterocycles. The number of hydrogen-bond acceptors (Lipinski definition) is 3. The Labute approximate surface area is 115 Å². The molecule has 0 saturated carbocycles. The molecule has 19 heavy (non-hydrogen) atoms. The van der Waals surface area contributed by atoms with Gasteiger partial charge in [-0.25, -0.2) is 8.78 Å². The molecular weight excluding hydrogens is 272 g/mol. The lowest BCUT2D eigenvalue weighted by Crippen LogP contribution is -2.26. The summed E-state index contributed by atoms with van der Waals surface area (Å²) >= 11 is 1.16. The zero-order valence-electron chi connectivity index (χ0n) is 10.5. The molecule has 0 aromatic heterocycles. The van der Waals surface area contributed by atoms with Gasteiger partial charge in [0.2, 0.25) is 5.91 Å². The fourth-order valence-electron chi connectivity index (χ4n) is 1.41. The van der Waals surface area contributed by atoms with Crippen LogP contribution in [0.3, 0.4) is 0 Å². The van der Waals surface area contributed by atoms with Crippen molar-refractivity contribution in [1.82, 2.24) is 5.32 Å². The van der Waals surface area contributed by atoms with E-state index in [1.54, 1.807) is 0 Å². The molecule has 1 rings (SSSR count). The van der Waals surface area contributed by atoms with Gasteiger partial charge in [-0.3, -0.25) is 4.79 Å². The van der Waals surface area contributed by atoms with Gasteiger partial charge in [-0.05, 0) is 37.5 Å². The highest BCUT2D eigenvalue weighted by molar-refractivity contribution is 8.00. The van der Waals surface area contributed by atoms with Crippen molar-refractivity contribution in [3.63, 3.8) is 0 Å². The van der Waals surface area contributed by atoms with E-state index in [9.17, 15) is 13.6 Å². The number of thioether (sulfide) groups is 1. The highest BCUT2D eigenvalue weighted by atomic mass is 32.2. The van der Waals surface area contributed by atoms with E-state index >= 15 is 0 Å². The number of unbranched alkanes of at least 4 members (excludes halogenated alkanes) is 2. The summed E-state index contributed by atoms with van der Waals surface area (Å²) in [7, 11) is 0. The van der Waals surface area contributed by atoms with Crippen LogP contribution in [0, 0.1) is 11.6 Å². The SMILES string of the molecule is O=C(CSc1ccc(F)c(F)c1)NCCCCCO. The number of rotatable bonds is 8. The van der Waals surface area contributed by atoms with Gasteiger partial charge in [-0.2, -0.15) is 0 Å². The summed E-state index contributed by atoms with van der Waals surface area (Å²) in [6.07, 6.45) is 2.43. The van der Waals surface area contributed by atoms with Crippen LogP contribution >= 0.6 is 11.8 Å². The summed E-state index contributed by atoms with van der Waals surface area (Å²) in [6, 6.07) is 3.57. The van der Waals surface area contributed by atoms with E-state index in [2.05, 4.69) is 5.32 Å². The van der Waals surface area contributed by atoms with Crippen LogP contribution in [-0.2, 0) is 4.79 Å². The number of aliphatic hydroxyl groups excluding tert-OH is 1. The Balaban J connectivity index is 2.20. The predicted molar refractivity (Wildman–Crippen MR) is 71.0 cm³/mol. The monoisotopic (exact) mass is 289 g/mol. The second-order valence-electron chi connectivity index (χ2n) is 4.00. The van der Waals surface area contributed by atoms with Crippen molar-refractivity contribution >= 4 is 17.7 Å². The third kappa shape index (κ3) is 6.54. The quantitative estimate of drug-likeness (QED) is 0.570. The van der Waals surface area contributed by atoms with Crippen molar-refractivity contribution in [1.29, 1.82) is 0 Å². The van der Waals surface area contributed by atoms with Crippen LogP contribution in [-0.4, -0.2) is 29.9 Å². The molecule has 2 N–H and O–H groups in total. The number of carbonyl (C=O) groups is 1. The van der Waals surface area contributed by atoms with Gasteiger partial charge in [0.25, 0.3) is 0 Å². The van der Waals surface area contributed by atoms with Gasteiger partial charge in [0, 0.05) is 18.0 Å². The normalized spacial score (nSPS) is 10.5. The molecule has 3 nitrogen and oxygen atoms in total. The van der Waals surface area contributed by atoms with E-state index in [0.717, 1.165) is 43.2 Å². The van der Waals surface area contributed by atoms with Gasteiger partial charge in [0.1, 0.15) is 0 Å². The van der Waals surface area contributed by atoms with Crippen LogP contribution in [0.4, 0.5) is 8.78 Å². The highest BCUT2D eigenvalue weighted by Gasteiger charge is 2.05. The molecule has 0 aliphatic rings. The Morgan fingerprint density at radius 3 is 2.68 bits per heavy atom. The van der Waals surface area contributed by atoms with Gasteiger partial charge in [-0.1, -0.05) is 0 Å². The number of halogens is 2. The van der Waals surface area contributed by atoms with Crippen LogP contribution in [0.15, 0.2) is 23.1 Å². The maximum absolute atomic E-state index is 12.9. The average molecular weight is 289 g/mol. The first kappa shape index (κ1) is 15.9. The first-order chi connectivity index (χ1) is 9.13. The molecule has 6 heteroatoms. The molecule has 0 atom stereocenters. The molecule has 0 unspecified atom stereocenters. The first-order valence-electron chi connectivity index (χ1n) is 6.09. The van der Waals surface area contributed by atoms with E-state index in [1.165, 1.54) is 6.07 Å². The van der Waals surface area contributed by atoms with E-state index < -0.39 is 11.6 Å². The minimum absolute atomic E-state index is 0.140. The van der Waals surface area contributed by atoms with Crippen molar-refractivity contribution in [3.05, 3.63) is 29.8 Å². The molecule has 0 radical (unpaired) electrons. The number of hydrogen-bond donors (Lipinski definition) is 2. The predicted octanol–water partition coefficient (Wildman–Crippen LogP) is 2.34. The maximum Gasteiger partial charge on any atom is 0.230 e. The largest absolute Gasteiger partial charge is 0.396 e. The van der Waals surface area contributed by atoms with Gasteiger partial charge in [0.15, 0.2) is 11.6 Å². The van der Waals surface area contributed by atoms with E-state index in [4.69, 9.17) is 5.11 Å². The van der Waals surface area contributed by atoms with Crippen molar-refractivity contribution in [2.75, 3.05) is 18.9 Å². The third-order valence-corrected chi connectivity index (χ3v) is 3.41. The average Bonchev–Trinajstić information content (AvgIpc) is 2.40. The number of carbonyl (C=O) groups excluding carboxylic acids is 1. The minimum Gasteiger partial charge on any atom is -0.396 e. The fraction of sp³-hybridized carbons (Fsp3) is 0.462. The Morgan fingerprint density at radius 2 is 2.00 bits per heavy atom. The number of amides is 1. The van der Waals surface area contributed by atoms with Gasteiger partial charge in [-0.15, -0.1) is 11.8 Å². The summed E-state index contributed by atoms with van der Waals surface area (Å²) in [5.74, 6) is -1.77. The summed E-state index contributed by atoms with van der Waals surface area (Å²) in [6.45, 7) is 0.733. The van der Waals surface area contributed by atoms with Crippen molar-refractivity contribution in [3.8, 4) is 0 Å². The Bertz CT molecular complexity index is 416. The smallest absolute Gasteiger partial charge is 0.230 e. The minimum atomic E-state index is -0.908. The Hall–Kier alpha value is -1.14. The molecule has 1 aromatic rings. The van der Waals surface area contributed by atoms with Gasteiger partial charge < -0.3 is 10.4 Å². The molecule has 0 aliphatic carbocycles. The third-order valence-electron chi connectivity index (χ3n) is 2.42. The number of benzene rings is 1. The molecule has 106 valence electrons. The zero-order chi connectivity index (χ0) is 14.1. The second kappa shape index (κ2) is 8.87. The fourth-order valence-corrected chi connectivity index (χ4v) is 2.16. The second-order valence-corrected chi connectivity index (χ2v) is 5.05. The van der Waals surface area contributed by atoms with Crippen molar-refractivity contribution in [2.24, 2.45) is 0 Å². The summed E-state index contributed by atoms with van der Waals surface area (Å²) in [5, 5.41) is 11.3. The molecule has 1 aromatic carbocycles. The number of nitrogens with one attached hydrogen (secondary N) is 1. The molecule has 0 spiro atoms. The molecule has 0 saturated heterocycles. The van der Waals surface area contributed by atoms with Crippen LogP contribution in [0.1, 0.15) is 19.3 Å². The summed E-state index contributed by atoms with van der Waals surface area (Å²) < 4.78 is 25.6. The zero-order valence-corrected chi connectivity index (χ0v) is 11.3.